The van der Waals surface area contributed by atoms with E-state index >= 15 is 0 Å². The summed E-state index contributed by atoms with van der Waals surface area (Å²) in [5.74, 6) is 5.61. The van der Waals surface area contributed by atoms with Crippen LogP contribution < -0.4 is 16.6 Å². The van der Waals surface area contributed by atoms with Crippen molar-refractivity contribution in [2.45, 2.75) is 26.7 Å². The second kappa shape index (κ2) is 6.85. The molecule has 0 aliphatic heterocycles. The zero-order valence-corrected chi connectivity index (χ0v) is 10.4. The zero-order chi connectivity index (χ0) is 12.7. The van der Waals surface area contributed by atoms with E-state index in [1.54, 1.807) is 12.1 Å². The number of hydrazine groups is 1. The SMILES string of the molecule is CCC(CC)CNC(=O)c1ccc(NN)cn1. The summed E-state index contributed by atoms with van der Waals surface area (Å²) in [7, 11) is 0. The number of aromatic nitrogens is 1. The van der Waals surface area contributed by atoms with Crippen molar-refractivity contribution in [2.24, 2.45) is 11.8 Å². The first-order valence-electron chi connectivity index (χ1n) is 5.92. The van der Waals surface area contributed by atoms with E-state index in [0.29, 0.717) is 23.8 Å². The number of nitrogens with zero attached hydrogens (tertiary/aromatic N) is 1. The predicted octanol–water partition coefficient (Wildman–Crippen LogP) is 1.53. The van der Waals surface area contributed by atoms with Crippen LogP contribution in [-0.2, 0) is 0 Å². The van der Waals surface area contributed by atoms with Crippen LogP contribution in [0.2, 0.25) is 0 Å². The molecule has 0 spiro atoms. The first-order chi connectivity index (χ1) is 8.21. The number of hydrogen-bond donors (Lipinski definition) is 3. The van der Waals surface area contributed by atoms with E-state index in [9.17, 15) is 4.79 Å². The summed E-state index contributed by atoms with van der Waals surface area (Å²) in [5, 5.41) is 2.89. The predicted molar refractivity (Wildman–Crippen MR) is 68.5 cm³/mol. The van der Waals surface area contributed by atoms with Gasteiger partial charge in [0.1, 0.15) is 5.69 Å². The number of carbonyl (C=O) groups is 1. The number of hydrogen-bond acceptors (Lipinski definition) is 4. The lowest BCUT2D eigenvalue weighted by Crippen LogP contribution is -2.29. The Morgan fingerprint density at radius 1 is 1.41 bits per heavy atom. The number of amides is 1. The monoisotopic (exact) mass is 236 g/mol. The average molecular weight is 236 g/mol. The fourth-order valence-electron chi connectivity index (χ4n) is 1.52. The van der Waals surface area contributed by atoms with E-state index in [4.69, 9.17) is 5.84 Å². The van der Waals surface area contributed by atoms with E-state index in [0.717, 1.165) is 12.8 Å². The number of nitrogens with one attached hydrogen (secondary N) is 2. The van der Waals surface area contributed by atoms with Crippen LogP contribution in [0.15, 0.2) is 18.3 Å². The van der Waals surface area contributed by atoms with Crippen LogP contribution in [0.5, 0.6) is 0 Å². The maximum atomic E-state index is 11.8. The molecule has 0 aromatic carbocycles. The Hall–Kier alpha value is -1.62. The van der Waals surface area contributed by atoms with Crippen molar-refractivity contribution >= 4 is 11.6 Å². The second-order valence-electron chi connectivity index (χ2n) is 3.97. The standard InChI is InChI=1S/C12H20N4O/c1-3-9(4-2)7-15-12(17)11-6-5-10(16-13)8-14-11/h5-6,8-9,16H,3-4,7,13H2,1-2H3,(H,15,17). The summed E-state index contributed by atoms with van der Waals surface area (Å²) >= 11 is 0. The molecular weight excluding hydrogens is 216 g/mol. The van der Waals surface area contributed by atoms with Crippen LogP contribution in [-0.4, -0.2) is 17.4 Å². The Labute approximate surface area is 102 Å². The first-order valence-corrected chi connectivity index (χ1v) is 5.92. The largest absolute Gasteiger partial charge is 0.350 e. The Bertz CT molecular complexity index is 346. The molecule has 1 aromatic rings. The third kappa shape index (κ3) is 4.03. The summed E-state index contributed by atoms with van der Waals surface area (Å²) in [6, 6.07) is 3.37. The van der Waals surface area contributed by atoms with Gasteiger partial charge in [-0.25, -0.2) is 4.98 Å². The van der Waals surface area contributed by atoms with Gasteiger partial charge in [0.25, 0.3) is 5.91 Å². The highest BCUT2D eigenvalue weighted by Gasteiger charge is 2.09. The minimum atomic E-state index is -0.138. The van der Waals surface area contributed by atoms with Crippen LogP contribution in [0.3, 0.4) is 0 Å². The summed E-state index contributed by atoms with van der Waals surface area (Å²) in [6.07, 6.45) is 3.67. The van der Waals surface area contributed by atoms with Crippen LogP contribution in [0.25, 0.3) is 0 Å². The second-order valence-corrected chi connectivity index (χ2v) is 3.97. The molecule has 1 aromatic heterocycles. The molecular formula is C12H20N4O. The van der Waals surface area contributed by atoms with Crippen molar-refractivity contribution in [3.63, 3.8) is 0 Å². The lowest BCUT2D eigenvalue weighted by molar-refractivity contribution is 0.0941. The highest BCUT2D eigenvalue weighted by Crippen LogP contribution is 2.07. The van der Waals surface area contributed by atoms with E-state index in [2.05, 4.69) is 29.6 Å². The van der Waals surface area contributed by atoms with Gasteiger partial charge in [-0.1, -0.05) is 26.7 Å². The van der Waals surface area contributed by atoms with Gasteiger partial charge in [0.05, 0.1) is 11.9 Å². The molecule has 0 saturated heterocycles. The van der Waals surface area contributed by atoms with Crippen LogP contribution in [0.4, 0.5) is 5.69 Å². The van der Waals surface area contributed by atoms with Gasteiger partial charge in [-0.3, -0.25) is 10.6 Å². The highest BCUT2D eigenvalue weighted by molar-refractivity contribution is 5.92. The average Bonchev–Trinajstić information content (AvgIpc) is 2.39. The van der Waals surface area contributed by atoms with E-state index < -0.39 is 0 Å². The summed E-state index contributed by atoms with van der Waals surface area (Å²) < 4.78 is 0. The van der Waals surface area contributed by atoms with Crippen LogP contribution in [0.1, 0.15) is 37.2 Å². The third-order valence-electron chi connectivity index (χ3n) is 2.87. The molecule has 0 unspecified atom stereocenters. The molecule has 0 aliphatic rings. The minimum absolute atomic E-state index is 0.138. The first kappa shape index (κ1) is 13.4. The molecule has 0 aliphatic carbocycles. The molecule has 94 valence electrons. The molecule has 1 rings (SSSR count). The lowest BCUT2D eigenvalue weighted by atomic mass is 10.0. The smallest absolute Gasteiger partial charge is 0.269 e. The fraction of sp³-hybridized carbons (Fsp3) is 0.500. The number of nitrogens with two attached hydrogens (primary N) is 1. The topological polar surface area (TPSA) is 80.0 Å². The normalized spacial score (nSPS) is 10.4. The molecule has 1 amide bonds. The lowest BCUT2D eigenvalue weighted by Gasteiger charge is -2.12. The molecule has 17 heavy (non-hydrogen) atoms. The highest BCUT2D eigenvalue weighted by atomic mass is 16.1. The Kier molecular flexibility index (Phi) is 5.42. The quantitative estimate of drug-likeness (QED) is 0.517. The van der Waals surface area contributed by atoms with Gasteiger partial charge in [0.15, 0.2) is 0 Å². The van der Waals surface area contributed by atoms with Crippen molar-refractivity contribution in [1.82, 2.24) is 10.3 Å². The Morgan fingerprint density at radius 2 is 2.12 bits per heavy atom. The van der Waals surface area contributed by atoms with Gasteiger partial charge in [0.2, 0.25) is 0 Å². The van der Waals surface area contributed by atoms with Crippen LogP contribution in [0, 0.1) is 5.92 Å². The molecule has 0 bridgehead atoms. The van der Waals surface area contributed by atoms with Gasteiger partial charge in [-0.05, 0) is 18.1 Å². The van der Waals surface area contributed by atoms with Gasteiger partial charge >= 0.3 is 0 Å². The minimum Gasteiger partial charge on any atom is -0.350 e. The van der Waals surface area contributed by atoms with Crippen molar-refractivity contribution in [3.8, 4) is 0 Å². The van der Waals surface area contributed by atoms with E-state index in [1.165, 1.54) is 6.20 Å². The summed E-state index contributed by atoms with van der Waals surface area (Å²) in [5.41, 5.74) is 3.56. The van der Waals surface area contributed by atoms with Gasteiger partial charge < -0.3 is 10.7 Å². The van der Waals surface area contributed by atoms with Gasteiger partial charge in [-0.15, -0.1) is 0 Å². The number of anilines is 1. The molecule has 1 heterocycles. The molecule has 0 radical (unpaired) electrons. The number of carbonyl (C=O) groups excluding carboxylic acids is 1. The zero-order valence-electron chi connectivity index (χ0n) is 10.4. The number of pyridine rings is 1. The summed E-state index contributed by atoms with van der Waals surface area (Å²) in [4.78, 5) is 15.8. The molecule has 0 fully saturated rings. The van der Waals surface area contributed by atoms with E-state index in [1.807, 2.05) is 0 Å². The van der Waals surface area contributed by atoms with Crippen molar-refractivity contribution in [3.05, 3.63) is 24.0 Å². The van der Waals surface area contributed by atoms with Crippen molar-refractivity contribution in [2.75, 3.05) is 12.0 Å². The van der Waals surface area contributed by atoms with E-state index in [-0.39, 0.29) is 5.91 Å². The molecule has 0 atom stereocenters. The number of nitrogen functional groups attached to an aromatic ring is 1. The Morgan fingerprint density at radius 3 is 2.59 bits per heavy atom. The Balaban J connectivity index is 2.51. The maximum Gasteiger partial charge on any atom is 0.269 e. The fourth-order valence-corrected chi connectivity index (χ4v) is 1.52. The van der Waals surface area contributed by atoms with Gasteiger partial charge in [0, 0.05) is 6.54 Å². The van der Waals surface area contributed by atoms with Crippen molar-refractivity contribution < 1.29 is 4.79 Å². The number of rotatable bonds is 6. The van der Waals surface area contributed by atoms with Crippen LogP contribution >= 0.6 is 0 Å². The molecule has 4 N–H and O–H groups in total. The van der Waals surface area contributed by atoms with Crippen molar-refractivity contribution in [1.29, 1.82) is 0 Å². The van der Waals surface area contributed by atoms with Gasteiger partial charge in [-0.2, -0.15) is 0 Å². The molecule has 5 nitrogen and oxygen atoms in total. The molecule has 0 saturated carbocycles. The maximum absolute atomic E-state index is 11.8. The third-order valence-corrected chi connectivity index (χ3v) is 2.87. The molecule has 5 heteroatoms. The summed E-state index contributed by atoms with van der Waals surface area (Å²) in [6.45, 7) is 4.95.